The van der Waals surface area contributed by atoms with E-state index >= 15 is 0 Å². The molecule has 2 aromatic rings. The van der Waals surface area contributed by atoms with Gasteiger partial charge in [0.05, 0.1) is 18.5 Å². The molecule has 0 aliphatic heterocycles. The molecule has 1 heterocycles. The van der Waals surface area contributed by atoms with Crippen molar-refractivity contribution >= 4 is 17.3 Å². The minimum absolute atomic E-state index is 0.215. The molecule has 3 aliphatic rings. The Hall–Kier alpha value is -2.43. The standard InChI is InChI=1S/C21H23FN2O2/c1-3-26-21(25)20-19-14-6-4-13(5-7-14)18(19)17(11-23-20)24-15-8-9-16(22)12(2)10-15/h8-11,13-14,24H,3-7H2,1-2H3. The van der Waals surface area contributed by atoms with Gasteiger partial charge in [0.25, 0.3) is 0 Å². The minimum Gasteiger partial charge on any atom is -0.461 e. The maximum atomic E-state index is 13.6. The van der Waals surface area contributed by atoms with Crippen molar-refractivity contribution in [3.05, 3.63) is 52.6 Å². The van der Waals surface area contributed by atoms with Gasteiger partial charge in [-0.1, -0.05) is 0 Å². The molecule has 0 radical (unpaired) electrons. The topological polar surface area (TPSA) is 51.2 Å². The molecule has 0 spiro atoms. The van der Waals surface area contributed by atoms with Crippen molar-refractivity contribution in [2.45, 2.75) is 51.4 Å². The first-order chi connectivity index (χ1) is 12.6. The number of rotatable bonds is 4. The summed E-state index contributed by atoms with van der Waals surface area (Å²) >= 11 is 0. The fraction of sp³-hybridized carbons (Fsp3) is 0.429. The van der Waals surface area contributed by atoms with Crippen LogP contribution < -0.4 is 5.32 Å². The minimum atomic E-state index is -0.333. The summed E-state index contributed by atoms with van der Waals surface area (Å²) in [5.41, 5.74) is 5.09. The summed E-state index contributed by atoms with van der Waals surface area (Å²) in [6, 6.07) is 4.99. The Morgan fingerprint density at radius 3 is 2.58 bits per heavy atom. The van der Waals surface area contributed by atoms with Gasteiger partial charge >= 0.3 is 5.97 Å². The van der Waals surface area contributed by atoms with Gasteiger partial charge in [0.1, 0.15) is 5.82 Å². The lowest BCUT2D eigenvalue weighted by Gasteiger charge is -2.40. The number of ether oxygens (including phenoxy) is 1. The van der Waals surface area contributed by atoms with Gasteiger partial charge in [-0.3, -0.25) is 0 Å². The van der Waals surface area contributed by atoms with Crippen LogP contribution in [0.3, 0.4) is 0 Å². The Morgan fingerprint density at radius 1 is 1.23 bits per heavy atom. The van der Waals surface area contributed by atoms with Crippen molar-refractivity contribution in [1.29, 1.82) is 0 Å². The SMILES string of the molecule is CCOC(=O)c1ncc(Nc2ccc(F)c(C)c2)c2c1C1CCC2CC1. The van der Waals surface area contributed by atoms with E-state index in [1.165, 1.54) is 11.6 Å². The molecule has 5 heteroatoms. The number of carbonyl (C=O) groups is 1. The Kier molecular flexibility index (Phi) is 4.39. The molecule has 2 bridgehead atoms. The van der Waals surface area contributed by atoms with E-state index in [1.807, 2.05) is 6.92 Å². The monoisotopic (exact) mass is 354 g/mol. The number of anilines is 2. The first kappa shape index (κ1) is 17.0. The molecule has 5 rings (SSSR count). The van der Waals surface area contributed by atoms with Crippen LogP contribution in [-0.4, -0.2) is 17.6 Å². The van der Waals surface area contributed by atoms with Gasteiger partial charge in [0.2, 0.25) is 0 Å². The highest BCUT2D eigenvalue weighted by molar-refractivity contribution is 5.91. The number of halogens is 1. The number of carbonyl (C=O) groups excluding carboxylic acids is 1. The molecular formula is C21H23FN2O2. The Bertz CT molecular complexity index is 857. The molecule has 26 heavy (non-hydrogen) atoms. The van der Waals surface area contributed by atoms with E-state index in [4.69, 9.17) is 4.74 Å². The molecule has 0 saturated heterocycles. The number of aryl methyl sites for hydroxylation is 1. The molecule has 1 aromatic heterocycles. The van der Waals surface area contributed by atoms with Gasteiger partial charge in [-0.2, -0.15) is 0 Å². The van der Waals surface area contributed by atoms with Crippen LogP contribution in [0.15, 0.2) is 24.4 Å². The third-order valence-corrected chi connectivity index (χ3v) is 5.61. The van der Waals surface area contributed by atoms with Crippen LogP contribution in [0.25, 0.3) is 0 Å². The predicted octanol–water partition coefficient (Wildman–Crippen LogP) is 5.20. The number of benzene rings is 1. The highest BCUT2D eigenvalue weighted by atomic mass is 19.1. The second kappa shape index (κ2) is 6.71. The maximum Gasteiger partial charge on any atom is 0.357 e. The van der Waals surface area contributed by atoms with E-state index in [-0.39, 0.29) is 11.8 Å². The van der Waals surface area contributed by atoms with Crippen molar-refractivity contribution < 1.29 is 13.9 Å². The number of hydrogen-bond donors (Lipinski definition) is 1. The molecule has 3 aliphatic carbocycles. The fourth-order valence-electron chi connectivity index (χ4n) is 4.40. The average Bonchev–Trinajstić information content (AvgIpc) is 2.66. The zero-order valence-electron chi connectivity index (χ0n) is 15.1. The summed E-state index contributed by atoms with van der Waals surface area (Å²) in [6.07, 6.45) is 6.21. The second-order valence-corrected chi connectivity index (χ2v) is 7.21. The third kappa shape index (κ3) is 2.85. The highest BCUT2D eigenvalue weighted by Gasteiger charge is 2.38. The van der Waals surface area contributed by atoms with E-state index in [9.17, 15) is 9.18 Å². The summed E-state index contributed by atoms with van der Waals surface area (Å²) in [6.45, 7) is 3.90. The van der Waals surface area contributed by atoms with Crippen LogP contribution in [0.5, 0.6) is 0 Å². The summed E-state index contributed by atoms with van der Waals surface area (Å²) in [4.78, 5) is 16.9. The zero-order chi connectivity index (χ0) is 18.3. The smallest absolute Gasteiger partial charge is 0.357 e. The first-order valence-electron chi connectivity index (χ1n) is 9.31. The average molecular weight is 354 g/mol. The lowest BCUT2D eigenvalue weighted by atomic mass is 9.66. The molecule has 1 N–H and O–H groups in total. The van der Waals surface area contributed by atoms with Crippen LogP contribution in [-0.2, 0) is 4.74 Å². The van der Waals surface area contributed by atoms with Gasteiger partial charge in [-0.15, -0.1) is 0 Å². The quantitative estimate of drug-likeness (QED) is 0.766. The lowest BCUT2D eigenvalue weighted by molar-refractivity contribution is 0.0516. The molecule has 1 fully saturated rings. The molecule has 0 atom stereocenters. The third-order valence-electron chi connectivity index (χ3n) is 5.61. The summed E-state index contributed by atoms with van der Waals surface area (Å²) in [7, 11) is 0. The first-order valence-corrected chi connectivity index (χ1v) is 9.31. The largest absolute Gasteiger partial charge is 0.461 e. The Balaban J connectivity index is 1.78. The van der Waals surface area contributed by atoms with Crippen molar-refractivity contribution in [3.63, 3.8) is 0 Å². The molecule has 136 valence electrons. The van der Waals surface area contributed by atoms with Gasteiger partial charge in [0.15, 0.2) is 5.69 Å². The molecule has 0 unspecified atom stereocenters. The number of fused-ring (bicyclic) bond motifs is 2. The van der Waals surface area contributed by atoms with Crippen LogP contribution in [0.1, 0.15) is 71.6 Å². The van der Waals surface area contributed by atoms with E-state index < -0.39 is 0 Å². The zero-order valence-corrected chi connectivity index (χ0v) is 15.1. The number of hydrogen-bond acceptors (Lipinski definition) is 4. The summed E-state index contributed by atoms with van der Waals surface area (Å²) in [5.74, 6) is 0.265. The maximum absolute atomic E-state index is 13.6. The number of aromatic nitrogens is 1. The van der Waals surface area contributed by atoms with E-state index in [1.54, 1.807) is 25.3 Å². The van der Waals surface area contributed by atoms with E-state index in [0.717, 1.165) is 42.6 Å². The van der Waals surface area contributed by atoms with Crippen molar-refractivity contribution in [2.75, 3.05) is 11.9 Å². The van der Waals surface area contributed by atoms with Crippen LogP contribution >= 0.6 is 0 Å². The molecule has 1 aromatic carbocycles. The van der Waals surface area contributed by atoms with Crippen LogP contribution in [0.2, 0.25) is 0 Å². The van der Waals surface area contributed by atoms with Crippen molar-refractivity contribution in [1.82, 2.24) is 4.98 Å². The molecule has 0 amide bonds. The van der Waals surface area contributed by atoms with Crippen LogP contribution in [0, 0.1) is 12.7 Å². The van der Waals surface area contributed by atoms with Gasteiger partial charge in [0, 0.05) is 5.69 Å². The number of nitrogens with zero attached hydrogens (tertiary/aromatic N) is 1. The normalized spacial score (nSPS) is 20.6. The van der Waals surface area contributed by atoms with Gasteiger partial charge in [-0.05, 0) is 86.3 Å². The van der Waals surface area contributed by atoms with E-state index in [0.29, 0.717) is 29.7 Å². The second-order valence-electron chi connectivity index (χ2n) is 7.21. The van der Waals surface area contributed by atoms with Crippen molar-refractivity contribution in [2.24, 2.45) is 0 Å². The van der Waals surface area contributed by atoms with Crippen molar-refractivity contribution in [3.8, 4) is 0 Å². The summed E-state index contributed by atoms with van der Waals surface area (Å²) in [5, 5.41) is 3.40. The van der Waals surface area contributed by atoms with Crippen LogP contribution in [0.4, 0.5) is 15.8 Å². The highest BCUT2D eigenvalue weighted by Crippen LogP contribution is 2.52. The summed E-state index contributed by atoms with van der Waals surface area (Å²) < 4.78 is 18.8. The lowest BCUT2D eigenvalue weighted by Crippen LogP contribution is -2.27. The number of esters is 1. The number of nitrogens with one attached hydrogen (secondary N) is 1. The Labute approximate surface area is 152 Å². The molecule has 4 nitrogen and oxygen atoms in total. The Morgan fingerprint density at radius 2 is 1.92 bits per heavy atom. The molecular weight excluding hydrogens is 331 g/mol. The van der Waals surface area contributed by atoms with Gasteiger partial charge < -0.3 is 10.1 Å². The van der Waals surface area contributed by atoms with E-state index in [2.05, 4.69) is 10.3 Å². The molecule has 1 saturated carbocycles. The van der Waals surface area contributed by atoms with Gasteiger partial charge in [-0.25, -0.2) is 14.2 Å². The number of pyridine rings is 1. The predicted molar refractivity (Wildman–Crippen MR) is 98.6 cm³/mol. The fourth-order valence-corrected chi connectivity index (χ4v) is 4.40.